The third-order valence-electron chi connectivity index (χ3n) is 4.24. The minimum atomic E-state index is -0.0386. The van der Waals surface area contributed by atoms with Gasteiger partial charge in [-0.15, -0.1) is 0 Å². The van der Waals surface area contributed by atoms with E-state index in [2.05, 4.69) is 24.1 Å². The number of nitrogens with two attached hydrogens (primary N) is 1. The number of carbonyl (C=O) groups is 1. The van der Waals surface area contributed by atoms with E-state index < -0.39 is 0 Å². The molecule has 4 heteroatoms. The van der Waals surface area contributed by atoms with E-state index in [4.69, 9.17) is 5.73 Å². The van der Waals surface area contributed by atoms with Crippen LogP contribution in [0.3, 0.4) is 0 Å². The number of hydrogen-bond acceptors (Lipinski definition) is 2. The number of nitrogens with one attached hydrogen (secondary N) is 2. The lowest BCUT2D eigenvalue weighted by Gasteiger charge is -2.17. The lowest BCUT2D eigenvalue weighted by molar-refractivity contribution is 0.0932. The van der Waals surface area contributed by atoms with E-state index in [1.165, 1.54) is 0 Å². The average molecular weight is 271 g/mol. The second-order valence-electron chi connectivity index (χ2n) is 6.57. The summed E-state index contributed by atoms with van der Waals surface area (Å²) in [4.78, 5) is 15.4. The maximum atomic E-state index is 12.3. The lowest BCUT2D eigenvalue weighted by atomic mass is 9.92. The molecule has 1 saturated carbocycles. The maximum Gasteiger partial charge on any atom is 0.267 e. The summed E-state index contributed by atoms with van der Waals surface area (Å²) in [5, 5.41) is 4.09. The SMILES string of the molecule is CC1(C)CCC(NC(=O)c2cc3cccc(N)c3[nH]2)C1. The zero-order chi connectivity index (χ0) is 14.3. The Morgan fingerprint density at radius 3 is 2.90 bits per heavy atom. The fourth-order valence-electron chi connectivity index (χ4n) is 3.12. The predicted octanol–water partition coefficient (Wildman–Crippen LogP) is 3.06. The highest BCUT2D eigenvalue weighted by molar-refractivity contribution is 6.00. The van der Waals surface area contributed by atoms with Gasteiger partial charge in [0.2, 0.25) is 0 Å². The molecule has 4 nitrogen and oxygen atoms in total. The Balaban J connectivity index is 1.78. The number of anilines is 1. The van der Waals surface area contributed by atoms with Gasteiger partial charge in [-0.2, -0.15) is 0 Å². The van der Waals surface area contributed by atoms with Gasteiger partial charge in [0, 0.05) is 11.4 Å². The third kappa shape index (κ3) is 2.38. The van der Waals surface area contributed by atoms with E-state index in [0.29, 0.717) is 16.8 Å². The standard InChI is InChI=1S/C16H21N3O/c1-16(2)7-6-11(9-16)18-15(20)13-8-10-4-3-5-12(17)14(10)19-13/h3-5,8,11,19H,6-7,9,17H2,1-2H3,(H,18,20). The average Bonchev–Trinajstić information content (AvgIpc) is 2.94. The van der Waals surface area contributed by atoms with Crippen molar-refractivity contribution in [3.8, 4) is 0 Å². The molecule has 1 amide bonds. The molecule has 0 aliphatic heterocycles. The van der Waals surface area contributed by atoms with Crippen molar-refractivity contribution >= 4 is 22.5 Å². The predicted molar refractivity (Wildman–Crippen MR) is 81.6 cm³/mol. The number of amides is 1. The number of aromatic nitrogens is 1. The van der Waals surface area contributed by atoms with Gasteiger partial charge in [0.1, 0.15) is 5.69 Å². The summed E-state index contributed by atoms with van der Waals surface area (Å²) < 4.78 is 0. The molecule has 1 fully saturated rings. The molecule has 106 valence electrons. The van der Waals surface area contributed by atoms with Crippen LogP contribution in [0, 0.1) is 5.41 Å². The van der Waals surface area contributed by atoms with E-state index in [1.807, 2.05) is 24.3 Å². The summed E-state index contributed by atoms with van der Waals surface area (Å²) in [6.07, 6.45) is 3.26. The second kappa shape index (κ2) is 4.54. The van der Waals surface area contributed by atoms with Crippen LogP contribution in [-0.4, -0.2) is 16.9 Å². The minimum Gasteiger partial charge on any atom is -0.397 e. The van der Waals surface area contributed by atoms with Crippen molar-refractivity contribution in [2.45, 2.75) is 39.2 Å². The van der Waals surface area contributed by atoms with Crippen molar-refractivity contribution in [2.75, 3.05) is 5.73 Å². The van der Waals surface area contributed by atoms with Gasteiger partial charge < -0.3 is 16.0 Å². The first-order chi connectivity index (χ1) is 9.44. The van der Waals surface area contributed by atoms with Gasteiger partial charge >= 0.3 is 0 Å². The number of benzene rings is 1. The van der Waals surface area contributed by atoms with Gasteiger partial charge in [-0.1, -0.05) is 26.0 Å². The summed E-state index contributed by atoms with van der Waals surface area (Å²) in [7, 11) is 0. The molecule has 0 radical (unpaired) electrons. The Labute approximate surface area is 118 Å². The normalized spacial score (nSPS) is 21.2. The number of fused-ring (bicyclic) bond motifs is 1. The van der Waals surface area contributed by atoms with Crippen molar-refractivity contribution in [1.82, 2.24) is 10.3 Å². The van der Waals surface area contributed by atoms with Gasteiger partial charge in [-0.05, 0) is 36.8 Å². The molecule has 3 rings (SSSR count). The van der Waals surface area contributed by atoms with Crippen molar-refractivity contribution in [2.24, 2.45) is 5.41 Å². The molecule has 1 aromatic heterocycles. The van der Waals surface area contributed by atoms with Gasteiger partial charge in [0.05, 0.1) is 11.2 Å². The van der Waals surface area contributed by atoms with Crippen molar-refractivity contribution < 1.29 is 4.79 Å². The molecular weight excluding hydrogens is 250 g/mol. The van der Waals surface area contributed by atoms with Crippen LogP contribution in [0.15, 0.2) is 24.3 Å². The molecule has 2 aromatic rings. The summed E-state index contributed by atoms with van der Waals surface area (Å²) >= 11 is 0. The van der Waals surface area contributed by atoms with Crippen LogP contribution in [0.4, 0.5) is 5.69 Å². The molecule has 4 N–H and O–H groups in total. The highest BCUT2D eigenvalue weighted by atomic mass is 16.1. The Kier molecular flexibility index (Phi) is 2.96. The van der Waals surface area contributed by atoms with E-state index in [-0.39, 0.29) is 11.9 Å². The molecule has 1 unspecified atom stereocenters. The van der Waals surface area contributed by atoms with Gasteiger partial charge in [0.25, 0.3) is 5.91 Å². The summed E-state index contributed by atoms with van der Waals surface area (Å²) in [5.41, 5.74) is 8.34. The second-order valence-corrected chi connectivity index (χ2v) is 6.57. The van der Waals surface area contributed by atoms with Gasteiger partial charge in [-0.25, -0.2) is 0 Å². The molecule has 1 atom stereocenters. The molecule has 20 heavy (non-hydrogen) atoms. The van der Waals surface area contributed by atoms with Crippen LogP contribution in [0.1, 0.15) is 43.6 Å². The number of rotatable bonds is 2. The molecule has 1 aromatic carbocycles. The summed E-state index contributed by atoms with van der Waals surface area (Å²) in [6, 6.07) is 7.83. The number of hydrogen-bond donors (Lipinski definition) is 3. The molecule has 1 aliphatic carbocycles. The quantitative estimate of drug-likeness (QED) is 0.735. The first-order valence-corrected chi connectivity index (χ1v) is 7.13. The molecule has 1 aliphatic rings. The largest absolute Gasteiger partial charge is 0.397 e. The van der Waals surface area contributed by atoms with E-state index in [9.17, 15) is 4.79 Å². The summed E-state index contributed by atoms with van der Waals surface area (Å²) in [6.45, 7) is 4.51. The number of H-pyrrole nitrogens is 1. The van der Waals surface area contributed by atoms with Crippen molar-refractivity contribution in [3.05, 3.63) is 30.0 Å². The Morgan fingerprint density at radius 2 is 2.25 bits per heavy atom. The number of nitrogen functional groups attached to an aromatic ring is 1. The Bertz CT molecular complexity index is 657. The minimum absolute atomic E-state index is 0.0386. The first-order valence-electron chi connectivity index (χ1n) is 7.13. The summed E-state index contributed by atoms with van der Waals surface area (Å²) in [5.74, 6) is -0.0386. The number of carbonyl (C=O) groups excluding carboxylic acids is 1. The topological polar surface area (TPSA) is 70.9 Å². The molecule has 0 spiro atoms. The van der Waals surface area contributed by atoms with Gasteiger partial charge in [-0.3, -0.25) is 4.79 Å². The van der Waals surface area contributed by atoms with Crippen LogP contribution in [0.25, 0.3) is 10.9 Å². The smallest absolute Gasteiger partial charge is 0.267 e. The maximum absolute atomic E-state index is 12.3. The van der Waals surface area contributed by atoms with Crippen LogP contribution in [0.5, 0.6) is 0 Å². The highest BCUT2D eigenvalue weighted by Gasteiger charge is 2.31. The van der Waals surface area contributed by atoms with Crippen molar-refractivity contribution in [3.63, 3.8) is 0 Å². The van der Waals surface area contributed by atoms with Crippen molar-refractivity contribution in [1.29, 1.82) is 0 Å². The fourth-order valence-corrected chi connectivity index (χ4v) is 3.12. The van der Waals surface area contributed by atoms with Crippen LogP contribution < -0.4 is 11.1 Å². The molecule has 1 heterocycles. The van der Waals surface area contributed by atoms with E-state index >= 15 is 0 Å². The van der Waals surface area contributed by atoms with Crippen LogP contribution in [-0.2, 0) is 0 Å². The fraction of sp³-hybridized carbons (Fsp3) is 0.438. The lowest BCUT2D eigenvalue weighted by Crippen LogP contribution is -2.33. The highest BCUT2D eigenvalue weighted by Crippen LogP contribution is 2.37. The first kappa shape index (κ1) is 13.0. The monoisotopic (exact) mass is 271 g/mol. The van der Waals surface area contributed by atoms with E-state index in [1.54, 1.807) is 0 Å². The Morgan fingerprint density at radius 1 is 1.45 bits per heavy atom. The van der Waals surface area contributed by atoms with Gasteiger partial charge in [0.15, 0.2) is 0 Å². The van der Waals surface area contributed by atoms with E-state index in [0.717, 1.165) is 30.2 Å². The number of para-hydroxylation sites is 1. The third-order valence-corrected chi connectivity index (χ3v) is 4.24. The molecular formula is C16H21N3O. The zero-order valence-corrected chi connectivity index (χ0v) is 12.0. The molecule has 0 bridgehead atoms. The zero-order valence-electron chi connectivity index (χ0n) is 12.0. The van der Waals surface area contributed by atoms with Crippen LogP contribution >= 0.6 is 0 Å². The number of aromatic amines is 1. The Hall–Kier alpha value is -1.97. The van der Waals surface area contributed by atoms with Crippen LogP contribution in [0.2, 0.25) is 0 Å². The molecule has 0 saturated heterocycles.